The number of likely N-dealkylation sites (tertiary alicyclic amines) is 1. The van der Waals surface area contributed by atoms with Gasteiger partial charge < -0.3 is 4.84 Å². The lowest BCUT2D eigenvalue weighted by Gasteiger charge is -2.31. The molecule has 2 aromatic rings. The van der Waals surface area contributed by atoms with Gasteiger partial charge in [-0.3, -0.25) is 14.5 Å². The molecule has 144 valence electrons. The number of halogens is 1. The molecule has 28 heavy (non-hydrogen) atoms. The lowest BCUT2D eigenvalue weighted by molar-refractivity contribution is -0.175. The SMILES string of the molecule is O=C(ON1C(=O)c2ccccc2C1=O)C1CCCN(Cc2cccc(F)c2)C1. The van der Waals surface area contributed by atoms with Crippen molar-refractivity contribution < 1.29 is 23.6 Å². The second kappa shape index (κ2) is 7.52. The molecule has 0 aliphatic carbocycles. The number of carbonyl (C=O) groups is 3. The number of nitrogens with zero attached hydrogens (tertiary/aromatic N) is 2. The first kappa shape index (κ1) is 18.3. The maximum absolute atomic E-state index is 13.4. The minimum absolute atomic E-state index is 0.233. The monoisotopic (exact) mass is 382 g/mol. The Hall–Kier alpha value is -3.06. The molecule has 1 atom stereocenters. The first-order valence-corrected chi connectivity index (χ1v) is 9.19. The van der Waals surface area contributed by atoms with Crippen LogP contribution < -0.4 is 0 Å². The molecule has 0 saturated carbocycles. The van der Waals surface area contributed by atoms with Crippen LogP contribution in [0.2, 0.25) is 0 Å². The van der Waals surface area contributed by atoms with Gasteiger partial charge in [0.25, 0.3) is 11.8 Å². The highest BCUT2D eigenvalue weighted by molar-refractivity contribution is 6.20. The van der Waals surface area contributed by atoms with Gasteiger partial charge in [0.2, 0.25) is 0 Å². The predicted octanol–water partition coefficient (Wildman–Crippen LogP) is 2.79. The fourth-order valence-electron chi connectivity index (χ4n) is 3.70. The van der Waals surface area contributed by atoms with E-state index in [1.54, 1.807) is 18.2 Å². The first-order chi connectivity index (χ1) is 13.5. The summed E-state index contributed by atoms with van der Waals surface area (Å²) in [5, 5.41) is 0.554. The minimum Gasteiger partial charge on any atom is -0.329 e. The smallest absolute Gasteiger partial charge is 0.329 e. The zero-order valence-electron chi connectivity index (χ0n) is 15.1. The molecule has 2 aromatic carbocycles. The van der Waals surface area contributed by atoms with Crippen molar-refractivity contribution in [1.82, 2.24) is 9.96 Å². The number of piperidine rings is 1. The predicted molar refractivity (Wildman–Crippen MR) is 97.4 cm³/mol. The molecule has 2 aliphatic heterocycles. The summed E-state index contributed by atoms with van der Waals surface area (Å²) < 4.78 is 13.4. The van der Waals surface area contributed by atoms with Crippen molar-refractivity contribution in [2.24, 2.45) is 5.92 Å². The van der Waals surface area contributed by atoms with Crippen LogP contribution in [-0.2, 0) is 16.2 Å². The lowest BCUT2D eigenvalue weighted by Crippen LogP contribution is -2.42. The third kappa shape index (κ3) is 3.53. The van der Waals surface area contributed by atoms with E-state index >= 15 is 0 Å². The van der Waals surface area contributed by atoms with Crippen molar-refractivity contribution >= 4 is 17.8 Å². The van der Waals surface area contributed by atoms with E-state index in [0.29, 0.717) is 24.6 Å². The van der Waals surface area contributed by atoms with Crippen LogP contribution in [0.15, 0.2) is 48.5 Å². The van der Waals surface area contributed by atoms with Gasteiger partial charge in [-0.25, -0.2) is 9.18 Å². The van der Waals surface area contributed by atoms with Gasteiger partial charge in [-0.2, -0.15) is 0 Å². The van der Waals surface area contributed by atoms with E-state index in [0.717, 1.165) is 18.5 Å². The average Bonchev–Trinajstić information content (AvgIpc) is 2.93. The van der Waals surface area contributed by atoms with E-state index in [1.165, 1.54) is 24.3 Å². The van der Waals surface area contributed by atoms with Crippen LogP contribution >= 0.6 is 0 Å². The van der Waals surface area contributed by atoms with E-state index in [-0.39, 0.29) is 16.9 Å². The van der Waals surface area contributed by atoms with Gasteiger partial charge in [-0.1, -0.05) is 29.3 Å². The number of amides is 2. The number of carbonyl (C=O) groups excluding carboxylic acids is 3. The fraction of sp³-hybridized carbons (Fsp3) is 0.286. The summed E-state index contributed by atoms with van der Waals surface area (Å²) in [7, 11) is 0. The molecule has 7 heteroatoms. The van der Waals surface area contributed by atoms with E-state index < -0.39 is 23.7 Å². The Morgan fingerprint density at radius 3 is 2.46 bits per heavy atom. The standard InChI is InChI=1S/C21H19FN2O4/c22-16-7-3-5-14(11-16)12-23-10-4-6-15(13-23)21(27)28-24-19(25)17-8-1-2-9-18(17)20(24)26/h1-3,5,7-9,11,15H,4,6,10,12-13H2. The van der Waals surface area contributed by atoms with E-state index in [9.17, 15) is 18.8 Å². The number of imide groups is 1. The van der Waals surface area contributed by atoms with Crippen molar-refractivity contribution in [3.63, 3.8) is 0 Å². The van der Waals surface area contributed by atoms with Gasteiger partial charge in [-0.05, 0) is 49.2 Å². The van der Waals surface area contributed by atoms with Crippen molar-refractivity contribution in [3.05, 3.63) is 71.0 Å². The highest BCUT2D eigenvalue weighted by Gasteiger charge is 2.40. The van der Waals surface area contributed by atoms with Crippen molar-refractivity contribution in [1.29, 1.82) is 0 Å². The molecule has 0 radical (unpaired) electrons. The molecule has 0 bridgehead atoms. The van der Waals surface area contributed by atoms with Crippen LogP contribution in [-0.4, -0.2) is 40.8 Å². The maximum atomic E-state index is 13.4. The summed E-state index contributed by atoms with van der Waals surface area (Å²) in [5.41, 5.74) is 1.29. The summed E-state index contributed by atoms with van der Waals surface area (Å²) in [5.74, 6) is -2.59. The normalized spacial score (nSPS) is 19.6. The number of hydrogen-bond donors (Lipinski definition) is 0. The first-order valence-electron chi connectivity index (χ1n) is 9.19. The molecule has 2 amide bonds. The van der Waals surface area contributed by atoms with Crippen LogP contribution in [0.1, 0.15) is 39.1 Å². The Morgan fingerprint density at radius 2 is 1.79 bits per heavy atom. The topological polar surface area (TPSA) is 66.9 Å². The number of rotatable bonds is 4. The van der Waals surface area contributed by atoms with Gasteiger partial charge in [-0.15, -0.1) is 0 Å². The molecule has 1 unspecified atom stereocenters. The highest BCUT2D eigenvalue weighted by Crippen LogP contribution is 2.25. The maximum Gasteiger partial charge on any atom is 0.337 e. The zero-order valence-corrected chi connectivity index (χ0v) is 15.1. The van der Waals surface area contributed by atoms with Gasteiger partial charge in [0.05, 0.1) is 17.0 Å². The van der Waals surface area contributed by atoms with E-state index in [1.807, 2.05) is 11.0 Å². The van der Waals surface area contributed by atoms with Crippen molar-refractivity contribution in [2.45, 2.75) is 19.4 Å². The van der Waals surface area contributed by atoms with E-state index in [2.05, 4.69) is 0 Å². The molecule has 1 saturated heterocycles. The van der Waals surface area contributed by atoms with Gasteiger partial charge in [0, 0.05) is 13.1 Å². The third-order valence-electron chi connectivity index (χ3n) is 5.07. The molecular formula is C21H19FN2O4. The Balaban J connectivity index is 1.40. The average molecular weight is 382 g/mol. The molecular weight excluding hydrogens is 363 g/mol. The molecule has 6 nitrogen and oxygen atoms in total. The van der Waals surface area contributed by atoms with E-state index in [4.69, 9.17) is 4.84 Å². The Bertz CT molecular complexity index is 911. The fourth-order valence-corrected chi connectivity index (χ4v) is 3.70. The molecule has 1 fully saturated rings. The molecule has 0 spiro atoms. The highest BCUT2D eigenvalue weighted by atomic mass is 19.1. The summed E-state index contributed by atoms with van der Waals surface area (Å²) in [4.78, 5) is 44.5. The van der Waals surface area contributed by atoms with Crippen LogP contribution in [0.4, 0.5) is 4.39 Å². The molecule has 2 heterocycles. The van der Waals surface area contributed by atoms with Crippen molar-refractivity contribution in [2.75, 3.05) is 13.1 Å². The summed E-state index contributed by atoms with van der Waals surface area (Å²) in [6.45, 7) is 1.74. The van der Waals surface area contributed by atoms with Crippen LogP contribution in [0, 0.1) is 11.7 Å². The molecule has 4 rings (SSSR count). The second-order valence-electron chi connectivity index (χ2n) is 7.06. The molecule has 2 aliphatic rings. The summed E-state index contributed by atoms with van der Waals surface area (Å²) in [6.07, 6.45) is 1.39. The van der Waals surface area contributed by atoms with Crippen LogP contribution in [0.25, 0.3) is 0 Å². The van der Waals surface area contributed by atoms with Gasteiger partial charge >= 0.3 is 5.97 Å². The summed E-state index contributed by atoms with van der Waals surface area (Å²) in [6, 6.07) is 12.7. The van der Waals surface area contributed by atoms with Crippen LogP contribution in [0.3, 0.4) is 0 Å². The third-order valence-corrected chi connectivity index (χ3v) is 5.07. The lowest BCUT2D eigenvalue weighted by atomic mass is 9.98. The minimum atomic E-state index is -0.624. The zero-order chi connectivity index (χ0) is 19.7. The number of hydroxylamine groups is 2. The quantitative estimate of drug-likeness (QED) is 0.761. The molecule has 0 N–H and O–H groups in total. The number of benzene rings is 2. The molecule has 0 aromatic heterocycles. The number of fused-ring (bicyclic) bond motifs is 1. The summed E-state index contributed by atoms with van der Waals surface area (Å²) >= 11 is 0. The number of hydrogen-bond acceptors (Lipinski definition) is 5. The Kier molecular flexibility index (Phi) is 4.92. The largest absolute Gasteiger partial charge is 0.337 e. The van der Waals surface area contributed by atoms with Crippen LogP contribution in [0.5, 0.6) is 0 Å². The van der Waals surface area contributed by atoms with Gasteiger partial charge in [0.1, 0.15) is 5.82 Å². The van der Waals surface area contributed by atoms with Crippen molar-refractivity contribution in [3.8, 4) is 0 Å². The Morgan fingerprint density at radius 1 is 1.07 bits per heavy atom. The Labute approximate surface area is 161 Å². The second-order valence-corrected chi connectivity index (χ2v) is 7.06. The van der Waals surface area contributed by atoms with Gasteiger partial charge in [0.15, 0.2) is 0 Å².